The molecule has 2 aromatic rings. The van der Waals surface area contributed by atoms with E-state index in [0.29, 0.717) is 12.1 Å². The number of urea groups is 1. The molecule has 25 heavy (non-hydrogen) atoms. The van der Waals surface area contributed by atoms with Gasteiger partial charge in [-0.2, -0.15) is 0 Å². The van der Waals surface area contributed by atoms with Gasteiger partial charge in [0.25, 0.3) is 5.91 Å². The summed E-state index contributed by atoms with van der Waals surface area (Å²) >= 11 is 0. The minimum atomic E-state index is -0.242. The minimum absolute atomic E-state index is 0.0725. The summed E-state index contributed by atoms with van der Waals surface area (Å²) in [6, 6.07) is 9.08. The van der Waals surface area contributed by atoms with Crippen molar-refractivity contribution in [2.24, 2.45) is 0 Å². The van der Waals surface area contributed by atoms with Gasteiger partial charge in [-0.3, -0.25) is 4.79 Å². The number of carbonyl (C=O) groups excluding carboxylic acids is 2. The van der Waals surface area contributed by atoms with Gasteiger partial charge in [0.2, 0.25) is 0 Å². The first kappa shape index (κ1) is 17.1. The molecule has 1 aromatic heterocycles. The third-order valence-corrected chi connectivity index (χ3v) is 4.44. The quantitative estimate of drug-likeness (QED) is 0.879. The summed E-state index contributed by atoms with van der Waals surface area (Å²) in [5.74, 6) is 0.0725. The molecule has 0 radical (unpaired) electrons. The number of rotatable bonds is 5. The van der Waals surface area contributed by atoms with Crippen molar-refractivity contribution in [3.63, 3.8) is 0 Å². The number of hydrogen-bond acceptors (Lipinski definition) is 2. The van der Waals surface area contributed by atoms with Crippen LogP contribution in [0.25, 0.3) is 0 Å². The number of anilines is 1. The molecule has 0 spiro atoms. The number of aromatic nitrogens is 1. The Hall–Kier alpha value is -2.76. The summed E-state index contributed by atoms with van der Waals surface area (Å²) in [6.45, 7) is 4.84. The molecule has 0 aliphatic carbocycles. The van der Waals surface area contributed by atoms with Crippen LogP contribution in [-0.4, -0.2) is 41.0 Å². The number of amides is 3. The lowest BCUT2D eigenvalue weighted by Crippen LogP contribution is -2.31. The minimum Gasteiger partial charge on any atom is -0.353 e. The number of nitrogens with zero attached hydrogens (tertiary/aromatic N) is 2. The molecule has 0 bridgehead atoms. The number of carbonyl (C=O) groups is 2. The first-order valence-electron chi connectivity index (χ1n) is 8.69. The van der Waals surface area contributed by atoms with Crippen molar-refractivity contribution in [3.05, 3.63) is 53.9 Å². The fourth-order valence-corrected chi connectivity index (χ4v) is 3.02. The van der Waals surface area contributed by atoms with Crippen molar-refractivity contribution in [1.29, 1.82) is 0 Å². The van der Waals surface area contributed by atoms with Crippen molar-refractivity contribution >= 4 is 17.6 Å². The fraction of sp³-hybridized carbons (Fsp3) is 0.368. The van der Waals surface area contributed by atoms with E-state index in [1.54, 1.807) is 12.1 Å². The van der Waals surface area contributed by atoms with Gasteiger partial charge in [0.15, 0.2) is 0 Å². The second-order valence-electron chi connectivity index (χ2n) is 6.33. The van der Waals surface area contributed by atoms with Gasteiger partial charge in [0.05, 0.1) is 0 Å². The number of aryl methyl sites for hydroxylation is 1. The predicted molar refractivity (Wildman–Crippen MR) is 97.8 cm³/mol. The molecule has 0 saturated carbocycles. The number of likely N-dealkylation sites (tertiary alicyclic amines) is 1. The Morgan fingerprint density at radius 1 is 1.12 bits per heavy atom. The maximum absolute atomic E-state index is 12.4. The fourth-order valence-electron chi connectivity index (χ4n) is 3.02. The van der Waals surface area contributed by atoms with E-state index in [2.05, 4.69) is 10.6 Å². The van der Waals surface area contributed by atoms with Gasteiger partial charge in [-0.15, -0.1) is 0 Å². The Morgan fingerprint density at radius 2 is 1.84 bits per heavy atom. The summed E-state index contributed by atoms with van der Waals surface area (Å²) in [5.41, 5.74) is 2.28. The van der Waals surface area contributed by atoms with Gasteiger partial charge in [-0.1, -0.05) is 0 Å². The van der Waals surface area contributed by atoms with Crippen molar-refractivity contribution in [2.75, 3.05) is 25.0 Å². The van der Waals surface area contributed by atoms with E-state index in [4.69, 9.17) is 0 Å². The van der Waals surface area contributed by atoms with E-state index in [1.807, 2.05) is 47.0 Å². The van der Waals surface area contributed by atoms with Crippen molar-refractivity contribution < 1.29 is 9.59 Å². The van der Waals surface area contributed by atoms with Gasteiger partial charge < -0.3 is 20.1 Å². The highest BCUT2D eigenvalue weighted by Gasteiger charge is 2.19. The lowest BCUT2D eigenvalue weighted by Gasteiger charge is -2.16. The maximum atomic E-state index is 12.4. The van der Waals surface area contributed by atoms with E-state index in [9.17, 15) is 9.59 Å². The predicted octanol–water partition coefficient (Wildman–Crippen LogP) is 2.85. The van der Waals surface area contributed by atoms with Crippen LogP contribution in [0.2, 0.25) is 0 Å². The van der Waals surface area contributed by atoms with E-state index < -0.39 is 0 Å². The van der Waals surface area contributed by atoms with Crippen LogP contribution in [-0.2, 0) is 6.54 Å². The zero-order valence-corrected chi connectivity index (χ0v) is 14.5. The number of hydrogen-bond donors (Lipinski definition) is 2. The zero-order valence-electron chi connectivity index (χ0n) is 14.5. The summed E-state index contributed by atoms with van der Waals surface area (Å²) in [4.78, 5) is 26.3. The number of benzene rings is 1. The molecule has 1 saturated heterocycles. The van der Waals surface area contributed by atoms with Gasteiger partial charge in [-0.25, -0.2) is 4.79 Å². The molecule has 1 fully saturated rings. The molecule has 6 nitrogen and oxygen atoms in total. The third-order valence-electron chi connectivity index (χ3n) is 4.44. The summed E-state index contributed by atoms with van der Waals surface area (Å²) in [5, 5.41) is 5.67. The topological polar surface area (TPSA) is 66.4 Å². The molecular formula is C19H24N4O2. The molecule has 1 aliphatic rings. The van der Waals surface area contributed by atoms with Crippen LogP contribution >= 0.6 is 0 Å². The van der Waals surface area contributed by atoms with Gasteiger partial charge in [0, 0.05) is 49.8 Å². The van der Waals surface area contributed by atoms with Crippen LogP contribution in [0.15, 0.2) is 42.7 Å². The van der Waals surface area contributed by atoms with Crippen LogP contribution in [0.5, 0.6) is 0 Å². The van der Waals surface area contributed by atoms with Crippen LogP contribution in [0.1, 0.15) is 28.8 Å². The molecular weight excluding hydrogens is 316 g/mol. The van der Waals surface area contributed by atoms with E-state index >= 15 is 0 Å². The van der Waals surface area contributed by atoms with Crippen LogP contribution in [0, 0.1) is 6.92 Å². The van der Waals surface area contributed by atoms with Crippen LogP contribution in [0.3, 0.4) is 0 Å². The smallest absolute Gasteiger partial charge is 0.319 e. The normalized spacial score (nSPS) is 13.7. The molecule has 0 atom stereocenters. The van der Waals surface area contributed by atoms with Crippen molar-refractivity contribution in [2.45, 2.75) is 26.3 Å². The second kappa shape index (κ2) is 7.88. The standard InChI is InChI=1S/C19H24N4O2/c1-15-14-16(18(24)23-11-4-5-12-23)6-7-17(15)21-19(25)20-8-13-22-9-2-3-10-22/h2-3,6-7,9-10,14H,4-5,8,11-13H2,1H3,(H2,20,21,25). The monoisotopic (exact) mass is 340 g/mol. The molecule has 1 aromatic carbocycles. The van der Waals surface area contributed by atoms with Crippen molar-refractivity contribution in [3.8, 4) is 0 Å². The third kappa shape index (κ3) is 4.41. The molecule has 2 heterocycles. The van der Waals surface area contributed by atoms with Crippen LogP contribution < -0.4 is 10.6 Å². The van der Waals surface area contributed by atoms with Crippen molar-refractivity contribution in [1.82, 2.24) is 14.8 Å². The second-order valence-corrected chi connectivity index (χ2v) is 6.33. The van der Waals surface area contributed by atoms with E-state index in [-0.39, 0.29) is 11.9 Å². The Balaban J connectivity index is 1.53. The largest absolute Gasteiger partial charge is 0.353 e. The lowest BCUT2D eigenvalue weighted by atomic mass is 10.1. The molecule has 6 heteroatoms. The first-order chi connectivity index (χ1) is 12.1. The lowest BCUT2D eigenvalue weighted by molar-refractivity contribution is 0.0792. The summed E-state index contributed by atoms with van der Waals surface area (Å²) < 4.78 is 2.00. The van der Waals surface area contributed by atoms with Gasteiger partial charge in [0.1, 0.15) is 0 Å². The van der Waals surface area contributed by atoms with E-state index in [1.165, 1.54) is 0 Å². The molecule has 1 aliphatic heterocycles. The van der Waals surface area contributed by atoms with E-state index in [0.717, 1.165) is 43.7 Å². The highest BCUT2D eigenvalue weighted by Crippen LogP contribution is 2.19. The molecule has 0 unspecified atom stereocenters. The average Bonchev–Trinajstić information content (AvgIpc) is 3.29. The zero-order chi connectivity index (χ0) is 17.6. The first-order valence-corrected chi connectivity index (χ1v) is 8.69. The Bertz CT molecular complexity index is 734. The maximum Gasteiger partial charge on any atom is 0.319 e. The highest BCUT2D eigenvalue weighted by atomic mass is 16.2. The highest BCUT2D eigenvalue weighted by molar-refractivity contribution is 5.96. The van der Waals surface area contributed by atoms with Gasteiger partial charge >= 0.3 is 6.03 Å². The molecule has 132 valence electrons. The SMILES string of the molecule is Cc1cc(C(=O)N2CCCC2)ccc1NC(=O)NCCn1cccc1. The molecule has 3 rings (SSSR count). The Morgan fingerprint density at radius 3 is 2.52 bits per heavy atom. The number of nitrogens with one attached hydrogen (secondary N) is 2. The van der Waals surface area contributed by atoms with Gasteiger partial charge in [-0.05, 0) is 55.7 Å². The molecule has 3 amide bonds. The summed E-state index contributed by atoms with van der Waals surface area (Å²) in [7, 11) is 0. The van der Waals surface area contributed by atoms with Crippen LogP contribution in [0.4, 0.5) is 10.5 Å². The Labute approximate surface area is 147 Å². The summed E-state index contributed by atoms with van der Waals surface area (Å²) in [6.07, 6.45) is 6.07. The Kier molecular flexibility index (Phi) is 5.38. The molecule has 2 N–H and O–H groups in total. The average molecular weight is 340 g/mol.